The summed E-state index contributed by atoms with van der Waals surface area (Å²) in [5.41, 5.74) is 0.772. The first-order valence-corrected chi connectivity index (χ1v) is 7.44. The van der Waals surface area contributed by atoms with Gasteiger partial charge in [-0.2, -0.15) is 0 Å². The highest BCUT2D eigenvalue weighted by Gasteiger charge is 2.43. The van der Waals surface area contributed by atoms with Crippen molar-refractivity contribution in [2.24, 2.45) is 0 Å². The molecule has 0 saturated heterocycles. The number of rotatable bonds is 3. The summed E-state index contributed by atoms with van der Waals surface area (Å²) in [4.78, 5) is 15.7. The van der Waals surface area contributed by atoms with Crippen LogP contribution in [0.4, 0.5) is 12.6 Å². The number of halogens is 3. The first kappa shape index (κ1) is 14.7. The van der Waals surface area contributed by atoms with Crippen LogP contribution >= 0.6 is 8.19 Å². The first-order valence-electron chi connectivity index (χ1n) is 5.79. The monoisotopic (exact) mass is 302 g/mol. The Bertz CT molecular complexity index is 698. The van der Waals surface area contributed by atoms with E-state index >= 15 is 0 Å². The highest BCUT2D eigenvalue weighted by molar-refractivity contribution is 7.59. The number of nitrogens with zero attached hydrogens (tertiary/aromatic N) is 1. The molecule has 0 aliphatic carbocycles. The molecule has 2 aromatic rings. The molecule has 7 heteroatoms. The summed E-state index contributed by atoms with van der Waals surface area (Å²) in [5, 5.41) is 10.1. The second-order valence-corrected chi connectivity index (χ2v) is 5.95. The highest BCUT2D eigenvalue weighted by atomic mass is 31.3. The predicted octanol–water partition coefficient (Wildman–Crippen LogP) is 4.62. The third-order valence-corrected chi connectivity index (χ3v) is 3.64. The van der Waals surface area contributed by atoms with Crippen LogP contribution in [-0.2, 0) is 6.16 Å². The number of pyridine rings is 1. The molecule has 1 aromatic heterocycles. The Balaban J connectivity index is 2.69. The van der Waals surface area contributed by atoms with E-state index in [1.54, 1.807) is 0 Å². The standard InChI is InChI=1S/C13H11F3NO2P/c1-7-13(19)12(8(2)18)10-5-9(6-20(14,15)16)3-4-11(10)17-7/h3-5H,6H2,1-2H3/p+1. The minimum absolute atomic E-state index is 0.0230. The van der Waals surface area contributed by atoms with Gasteiger partial charge in [0.1, 0.15) is 5.75 Å². The number of hydrogen-bond acceptors (Lipinski definition) is 3. The molecule has 0 bridgehead atoms. The van der Waals surface area contributed by atoms with E-state index in [4.69, 9.17) is 0 Å². The summed E-state index contributed by atoms with van der Waals surface area (Å²) >= 11 is 0. The van der Waals surface area contributed by atoms with Crippen molar-refractivity contribution in [3.63, 3.8) is 0 Å². The van der Waals surface area contributed by atoms with E-state index in [1.165, 1.54) is 32.0 Å². The Morgan fingerprint density at radius 3 is 2.55 bits per heavy atom. The summed E-state index contributed by atoms with van der Waals surface area (Å²) in [6.07, 6.45) is -0.977. The largest absolute Gasteiger partial charge is 0.573 e. The molecule has 106 valence electrons. The average molecular weight is 302 g/mol. The molecule has 0 radical (unpaired) electrons. The fourth-order valence-corrected chi connectivity index (χ4v) is 2.70. The molecule has 20 heavy (non-hydrogen) atoms. The summed E-state index contributed by atoms with van der Waals surface area (Å²) in [6, 6.07) is 4.08. The van der Waals surface area contributed by atoms with E-state index in [2.05, 4.69) is 4.98 Å². The number of ketones is 1. The fraction of sp³-hybridized carbons (Fsp3) is 0.231. The van der Waals surface area contributed by atoms with Crippen molar-refractivity contribution in [1.82, 2.24) is 4.98 Å². The third kappa shape index (κ3) is 2.90. The molecule has 0 amide bonds. The summed E-state index contributed by atoms with van der Waals surface area (Å²) in [6.45, 7) is 2.80. The number of aromatic hydroxyl groups is 1. The summed E-state index contributed by atoms with van der Waals surface area (Å²) < 4.78 is 37.6. The maximum absolute atomic E-state index is 12.5. The maximum atomic E-state index is 12.5. The molecule has 3 nitrogen and oxygen atoms in total. The van der Waals surface area contributed by atoms with Gasteiger partial charge < -0.3 is 5.11 Å². The lowest BCUT2D eigenvalue weighted by Crippen LogP contribution is -1.99. The molecule has 0 atom stereocenters. The quantitative estimate of drug-likeness (QED) is 0.664. The van der Waals surface area contributed by atoms with Crippen LogP contribution in [-0.4, -0.2) is 15.9 Å². The Morgan fingerprint density at radius 1 is 1.35 bits per heavy atom. The number of aromatic nitrogens is 1. The van der Waals surface area contributed by atoms with Gasteiger partial charge in [-0.05, 0) is 31.5 Å². The average Bonchev–Trinajstić information content (AvgIpc) is 2.28. The van der Waals surface area contributed by atoms with Crippen molar-refractivity contribution in [2.45, 2.75) is 20.0 Å². The molecule has 0 aliphatic heterocycles. The van der Waals surface area contributed by atoms with Gasteiger partial charge in [-0.1, -0.05) is 6.07 Å². The lowest BCUT2D eigenvalue weighted by atomic mass is 10.0. The van der Waals surface area contributed by atoms with Crippen molar-refractivity contribution in [3.8, 4) is 5.75 Å². The van der Waals surface area contributed by atoms with Crippen LogP contribution < -0.4 is 0 Å². The Morgan fingerprint density at radius 2 is 2.00 bits per heavy atom. The minimum Gasteiger partial charge on any atom is -0.505 e. The van der Waals surface area contributed by atoms with Crippen LogP contribution in [0.3, 0.4) is 0 Å². The normalized spacial score (nSPS) is 11.8. The van der Waals surface area contributed by atoms with Gasteiger partial charge in [0.05, 0.1) is 16.8 Å². The molecule has 1 N–H and O–H groups in total. The number of benzene rings is 1. The van der Waals surface area contributed by atoms with Gasteiger partial charge >= 0.3 is 8.19 Å². The number of hydrogen-bond donors (Lipinski definition) is 1. The minimum atomic E-state index is -5.44. The summed E-state index contributed by atoms with van der Waals surface area (Å²) in [5.74, 6) is -0.680. The van der Waals surface area contributed by atoms with Gasteiger partial charge in [0.25, 0.3) is 0 Å². The van der Waals surface area contributed by atoms with Gasteiger partial charge in [-0.15, -0.1) is 0 Å². The Hall–Kier alpha value is -1.68. The SMILES string of the molecule is CC(=O)c1c(O)c(C)nc2ccc(C[P+](F)(F)F)cc12. The molecule has 2 rings (SSSR count). The zero-order valence-electron chi connectivity index (χ0n) is 10.8. The van der Waals surface area contributed by atoms with Gasteiger partial charge in [0.15, 0.2) is 11.9 Å². The van der Waals surface area contributed by atoms with Crippen molar-refractivity contribution < 1.29 is 22.5 Å². The van der Waals surface area contributed by atoms with Crippen LogP contribution in [0.15, 0.2) is 18.2 Å². The second kappa shape index (κ2) is 5.02. The number of carbonyl (C=O) groups excluding carboxylic acids is 1. The van der Waals surface area contributed by atoms with Gasteiger partial charge in [0, 0.05) is 18.0 Å². The van der Waals surface area contributed by atoms with Crippen LogP contribution in [0.5, 0.6) is 5.75 Å². The molecule has 0 saturated carbocycles. The number of aryl methyl sites for hydroxylation is 1. The molecular weight excluding hydrogens is 290 g/mol. The fourth-order valence-electron chi connectivity index (χ4n) is 2.08. The van der Waals surface area contributed by atoms with E-state index in [0.29, 0.717) is 5.52 Å². The van der Waals surface area contributed by atoms with Gasteiger partial charge in [0.2, 0.25) is 0 Å². The summed E-state index contributed by atoms with van der Waals surface area (Å²) in [7, 11) is -5.44. The zero-order valence-corrected chi connectivity index (χ0v) is 11.7. The first-order chi connectivity index (χ1) is 9.19. The molecular formula is C13H12F3NO2P+. The Labute approximate surface area is 114 Å². The Kier molecular flexibility index (Phi) is 3.69. The number of fused-ring (bicyclic) bond motifs is 1. The van der Waals surface area contributed by atoms with Crippen LogP contribution in [0, 0.1) is 6.92 Å². The third-order valence-electron chi connectivity index (χ3n) is 2.91. The highest BCUT2D eigenvalue weighted by Crippen LogP contribution is 2.66. The van der Waals surface area contributed by atoms with E-state index in [-0.39, 0.29) is 28.0 Å². The molecule has 0 unspecified atom stereocenters. The van der Waals surface area contributed by atoms with Crippen molar-refractivity contribution in [1.29, 1.82) is 0 Å². The van der Waals surface area contributed by atoms with Gasteiger partial charge in [-0.3, -0.25) is 4.79 Å². The van der Waals surface area contributed by atoms with E-state index in [9.17, 15) is 22.5 Å². The molecule has 0 spiro atoms. The molecule has 1 heterocycles. The van der Waals surface area contributed by atoms with E-state index in [0.717, 1.165) is 0 Å². The smallest absolute Gasteiger partial charge is 0.505 e. The lowest BCUT2D eigenvalue weighted by molar-refractivity contribution is 0.101. The van der Waals surface area contributed by atoms with Crippen LogP contribution in [0.1, 0.15) is 28.5 Å². The van der Waals surface area contributed by atoms with Crippen LogP contribution in [0.2, 0.25) is 0 Å². The zero-order chi connectivity index (χ0) is 15.1. The lowest BCUT2D eigenvalue weighted by Gasteiger charge is -2.09. The van der Waals surface area contributed by atoms with E-state index in [1.807, 2.05) is 0 Å². The van der Waals surface area contributed by atoms with Crippen molar-refractivity contribution >= 4 is 24.9 Å². The van der Waals surface area contributed by atoms with Gasteiger partial charge in [-0.25, -0.2) is 4.98 Å². The topological polar surface area (TPSA) is 50.2 Å². The molecule has 0 fully saturated rings. The van der Waals surface area contributed by atoms with E-state index < -0.39 is 20.1 Å². The van der Waals surface area contributed by atoms with Crippen LogP contribution in [0.25, 0.3) is 10.9 Å². The maximum Gasteiger partial charge on any atom is 0.573 e. The molecule has 1 aromatic carbocycles. The predicted molar refractivity (Wildman–Crippen MR) is 72.1 cm³/mol. The molecule has 0 aliphatic rings. The number of Topliss-reactive ketones (excluding diaryl/α,β-unsaturated/α-hetero) is 1. The second-order valence-electron chi connectivity index (χ2n) is 4.54. The van der Waals surface area contributed by atoms with Crippen molar-refractivity contribution in [3.05, 3.63) is 35.0 Å². The number of carbonyl (C=O) groups is 1. The van der Waals surface area contributed by atoms with Crippen molar-refractivity contribution in [2.75, 3.05) is 0 Å².